The summed E-state index contributed by atoms with van der Waals surface area (Å²) in [5, 5.41) is 4.09. The van der Waals surface area contributed by atoms with E-state index in [1.165, 1.54) is 0 Å². The molecule has 0 saturated heterocycles. The third-order valence-corrected chi connectivity index (χ3v) is 3.85. The third-order valence-electron chi connectivity index (χ3n) is 2.80. The summed E-state index contributed by atoms with van der Waals surface area (Å²) in [5.74, 6) is 0. The lowest BCUT2D eigenvalue weighted by Gasteiger charge is -2.09. The Balaban J connectivity index is 2.32. The second kappa shape index (κ2) is 6.37. The molecule has 2 aromatic carbocycles. The molecule has 3 heteroatoms. The van der Waals surface area contributed by atoms with Crippen molar-refractivity contribution in [3.05, 3.63) is 57.5 Å². The maximum Gasteiger partial charge on any atom is 0.0457 e. The van der Waals surface area contributed by atoms with Crippen molar-refractivity contribution in [2.45, 2.75) is 13.5 Å². The Labute approximate surface area is 121 Å². The summed E-state index contributed by atoms with van der Waals surface area (Å²) in [5.41, 5.74) is 3.43. The summed E-state index contributed by atoms with van der Waals surface area (Å²) in [7, 11) is 0. The number of benzene rings is 2. The van der Waals surface area contributed by atoms with Gasteiger partial charge in [0.2, 0.25) is 0 Å². The van der Waals surface area contributed by atoms with Crippen molar-refractivity contribution in [2.75, 3.05) is 6.54 Å². The van der Waals surface area contributed by atoms with E-state index >= 15 is 0 Å². The van der Waals surface area contributed by atoms with Gasteiger partial charge in [-0.1, -0.05) is 64.8 Å². The quantitative estimate of drug-likeness (QED) is 0.845. The van der Waals surface area contributed by atoms with Gasteiger partial charge in [-0.05, 0) is 35.4 Å². The molecule has 0 spiro atoms. The Kier molecular flexibility index (Phi) is 4.81. The Morgan fingerprint density at radius 1 is 1.17 bits per heavy atom. The Morgan fingerprint density at radius 3 is 2.61 bits per heavy atom. The van der Waals surface area contributed by atoms with Gasteiger partial charge < -0.3 is 5.32 Å². The second-order valence-corrected chi connectivity index (χ2v) is 5.33. The number of nitrogens with one attached hydrogen (secondary N) is 1. The van der Waals surface area contributed by atoms with Crippen LogP contribution in [-0.4, -0.2) is 6.54 Å². The maximum atomic E-state index is 6.31. The average Bonchev–Trinajstić information content (AvgIpc) is 2.38. The zero-order chi connectivity index (χ0) is 13.0. The summed E-state index contributed by atoms with van der Waals surface area (Å²) in [6, 6.07) is 14.4. The molecule has 0 atom stereocenters. The smallest absolute Gasteiger partial charge is 0.0457 e. The van der Waals surface area contributed by atoms with E-state index < -0.39 is 0 Å². The Bertz CT molecular complexity index is 540. The van der Waals surface area contributed by atoms with E-state index in [0.29, 0.717) is 0 Å². The molecule has 0 radical (unpaired) electrons. The molecule has 2 rings (SSSR count). The first-order valence-corrected chi connectivity index (χ1v) is 7.13. The van der Waals surface area contributed by atoms with Gasteiger partial charge in [0.15, 0.2) is 0 Å². The van der Waals surface area contributed by atoms with Crippen molar-refractivity contribution in [3.8, 4) is 11.1 Å². The molecule has 2 aromatic rings. The van der Waals surface area contributed by atoms with Crippen LogP contribution in [0.1, 0.15) is 12.5 Å². The lowest BCUT2D eigenvalue weighted by Crippen LogP contribution is -2.11. The van der Waals surface area contributed by atoms with E-state index in [1.54, 1.807) is 0 Å². The highest BCUT2D eigenvalue weighted by Gasteiger charge is 2.05. The first-order valence-electron chi connectivity index (χ1n) is 5.96. The van der Waals surface area contributed by atoms with E-state index in [4.69, 9.17) is 11.6 Å². The van der Waals surface area contributed by atoms with Crippen LogP contribution in [0.3, 0.4) is 0 Å². The molecule has 0 fully saturated rings. The number of halogens is 2. The highest BCUT2D eigenvalue weighted by atomic mass is 79.9. The lowest BCUT2D eigenvalue weighted by atomic mass is 10.0. The van der Waals surface area contributed by atoms with Gasteiger partial charge in [0, 0.05) is 16.0 Å². The van der Waals surface area contributed by atoms with E-state index in [9.17, 15) is 0 Å². The van der Waals surface area contributed by atoms with Crippen LogP contribution in [0.15, 0.2) is 46.9 Å². The van der Waals surface area contributed by atoms with Gasteiger partial charge in [-0.2, -0.15) is 0 Å². The van der Waals surface area contributed by atoms with E-state index in [0.717, 1.165) is 39.3 Å². The lowest BCUT2D eigenvalue weighted by molar-refractivity contribution is 0.727. The molecule has 1 nitrogen and oxygen atoms in total. The minimum atomic E-state index is 0.809. The molecule has 0 heterocycles. The van der Waals surface area contributed by atoms with Crippen molar-refractivity contribution in [1.82, 2.24) is 5.32 Å². The van der Waals surface area contributed by atoms with Crippen LogP contribution in [0, 0.1) is 0 Å². The van der Waals surface area contributed by atoms with Crippen molar-refractivity contribution in [1.29, 1.82) is 0 Å². The van der Waals surface area contributed by atoms with Crippen molar-refractivity contribution in [3.63, 3.8) is 0 Å². The van der Waals surface area contributed by atoms with Gasteiger partial charge in [0.05, 0.1) is 0 Å². The van der Waals surface area contributed by atoms with E-state index in [-0.39, 0.29) is 0 Å². The van der Waals surface area contributed by atoms with Gasteiger partial charge in [0.25, 0.3) is 0 Å². The van der Waals surface area contributed by atoms with Crippen LogP contribution in [-0.2, 0) is 6.54 Å². The van der Waals surface area contributed by atoms with Gasteiger partial charge in [-0.15, -0.1) is 0 Å². The van der Waals surface area contributed by atoms with Gasteiger partial charge >= 0.3 is 0 Å². The summed E-state index contributed by atoms with van der Waals surface area (Å²) >= 11 is 9.87. The van der Waals surface area contributed by atoms with Gasteiger partial charge in [-0.3, -0.25) is 0 Å². The highest BCUT2D eigenvalue weighted by Crippen LogP contribution is 2.30. The van der Waals surface area contributed by atoms with Crippen molar-refractivity contribution in [2.24, 2.45) is 0 Å². The SMILES string of the molecule is CCNCc1ccc(-c2ccccc2Br)cc1Cl. The molecule has 0 amide bonds. The fraction of sp³-hybridized carbons (Fsp3) is 0.200. The minimum absolute atomic E-state index is 0.809. The van der Waals surface area contributed by atoms with Crippen molar-refractivity contribution < 1.29 is 0 Å². The highest BCUT2D eigenvalue weighted by molar-refractivity contribution is 9.10. The molecular formula is C15H15BrClN. The first-order chi connectivity index (χ1) is 8.72. The molecule has 0 bridgehead atoms. The number of rotatable bonds is 4. The van der Waals surface area contributed by atoms with Crippen LogP contribution in [0.4, 0.5) is 0 Å². The third kappa shape index (κ3) is 3.14. The largest absolute Gasteiger partial charge is 0.313 e. The Hall–Kier alpha value is -0.830. The normalized spacial score (nSPS) is 10.6. The monoisotopic (exact) mass is 323 g/mol. The minimum Gasteiger partial charge on any atom is -0.313 e. The van der Waals surface area contributed by atoms with Crippen LogP contribution < -0.4 is 5.32 Å². The molecule has 18 heavy (non-hydrogen) atoms. The van der Waals surface area contributed by atoms with E-state index in [2.05, 4.69) is 46.4 Å². The molecule has 0 aliphatic heterocycles. The topological polar surface area (TPSA) is 12.0 Å². The standard InChI is InChI=1S/C15H15BrClN/c1-2-18-10-12-8-7-11(9-15(12)17)13-5-3-4-6-14(13)16/h3-9,18H,2,10H2,1H3. The fourth-order valence-electron chi connectivity index (χ4n) is 1.81. The predicted octanol–water partition coefficient (Wildman–Crippen LogP) is 4.88. The summed E-state index contributed by atoms with van der Waals surface area (Å²) in [4.78, 5) is 0. The molecule has 1 N–H and O–H groups in total. The molecular weight excluding hydrogens is 310 g/mol. The first kappa shape index (κ1) is 13.6. The van der Waals surface area contributed by atoms with Gasteiger partial charge in [0.1, 0.15) is 0 Å². The molecule has 0 unspecified atom stereocenters. The fourth-order valence-corrected chi connectivity index (χ4v) is 2.57. The van der Waals surface area contributed by atoms with Crippen LogP contribution >= 0.6 is 27.5 Å². The molecule has 94 valence electrons. The second-order valence-electron chi connectivity index (χ2n) is 4.07. The maximum absolute atomic E-state index is 6.31. The number of hydrogen-bond donors (Lipinski definition) is 1. The van der Waals surface area contributed by atoms with E-state index in [1.807, 2.05) is 24.3 Å². The Morgan fingerprint density at radius 2 is 1.94 bits per heavy atom. The predicted molar refractivity (Wildman–Crippen MR) is 82.0 cm³/mol. The van der Waals surface area contributed by atoms with Gasteiger partial charge in [-0.25, -0.2) is 0 Å². The average molecular weight is 325 g/mol. The zero-order valence-electron chi connectivity index (χ0n) is 10.2. The summed E-state index contributed by atoms with van der Waals surface area (Å²) < 4.78 is 1.08. The summed E-state index contributed by atoms with van der Waals surface area (Å²) in [6.07, 6.45) is 0. The summed E-state index contributed by atoms with van der Waals surface area (Å²) in [6.45, 7) is 3.84. The number of hydrogen-bond acceptors (Lipinski definition) is 1. The molecule has 0 saturated carbocycles. The molecule has 0 aliphatic carbocycles. The van der Waals surface area contributed by atoms with Crippen LogP contribution in [0.25, 0.3) is 11.1 Å². The van der Waals surface area contributed by atoms with Crippen LogP contribution in [0.5, 0.6) is 0 Å². The van der Waals surface area contributed by atoms with Crippen molar-refractivity contribution >= 4 is 27.5 Å². The van der Waals surface area contributed by atoms with Crippen LogP contribution in [0.2, 0.25) is 5.02 Å². The molecule has 0 aromatic heterocycles. The zero-order valence-corrected chi connectivity index (χ0v) is 12.6. The molecule has 0 aliphatic rings.